The monoisotopic (exact) mass is 1180 g/mol. The maximum atomic E-state index is 12.9. The summed E-state index contributed by atoms with van der Waals surface area (Å²) in [6, 6.07) is 0. The van der Waals surface area contributed by atoms with Gasteiger partial charge in [0.05, 0.1) is 26.4 Å². The molecular formula is C61H118O17P2. The van der Waals surface area contributed by atoms with Crippen LogP contribution in [0.25, 0.3) is 0 Å². The van der Waals surface area contributed by atoms with E-state index in [9.17, 15) is 43.2 Å². The highest BCUT2D eigenvalue weighted by Gasteiger charge is 2.30. The highest BCUT2D eigenvalue weighted by Crippen LogP contribution is 2.45. The second-order valence-corrected chi connectivity index (χ2v) is 25.5. The lowest BCUT2D eigenvalue weighted by Crippen LogP contribution is -2.30. The summed E-state index contributed by atoms with van der Waals surface area (Å²) in [5.74, 6) is -1.40. The van der Waals surface area contributed by atoms with E-state index in [1.165, 1.54) is 116 Å². The van der Waals surface area contributed by atoms with Gasteiger partial charge in [-0.2, -0.15) is 0 Å². The molecule has 0 aromatic heterocycles. The standard InChI is InChI=1S/C61H118O17P2/c1-6-9-12-15-18-20-22-26-30-35-40-45-59(64)72-51-57(78-61(66)47-42-37-32-27-23-24-29-33-38-43-54(4)5)53-76-80(69,70)74-49-55(62)48-73-79(67,68)75-52-56(50-71-58(63)44-39-34-28-17-14-11-8-3)77-60(65)46-41-36-31-25-21-19-16-13-10-7-2/h54-57,62H,6-53H2,1-5H3,(H,67,68)(H,69,70)/t55-,56+,57+/m0/s1. The number of esters is 4. The van der Waals surface area contributed by atoms with Gasteiger partial charge in [0.15, 0.2) is 12.2 Å². The molecule has 17 nitrogen and oxygen atoms in total. The Labute approximate surface area is 486 Å². The number of rotatable bonds is 61. The summed E-state index contributed by atoms with van der Waals surface area (Å²) in [5.41, 5.74) is 0. The molecule has 0 rings (SSSR count). The minimum Gasteiger partial charge on any atom is -0.462 e. The molecule has 0 bridgehead atoms. The van der Waals surface area contributed by atoms with Crippen LogP contribution in [0.4, 0.5) is 0 Å². The van der Waals surface area contributed by atoms with Crippen LogP contribution in [0.3, 0.4) is 0 Å². The third kappa shape index (κ3) is 55.3. The number of carbonyl (C=O) groups is 4. The van der Waals surface area contributed by atoms with Crippen molar-refractivity contribution in [1.29, 1.82) is 0 Å². The number of aliphatic hydroxyl groups is 1. The predicted molar refractivity (Wildman–Crippen MR) is 317 cm³/mol. The number of unbranched alkanes of at least 4 members (excludes halogenated alkanes) is 33. The van der Waals surface area contributed by atoms with Crippen LogP contribution in [0.15, 0.2) is 0 Å². The molecule has 0 aliphatic rings. The predicted octanol–water partition coefficient (Wildman–Crippen LogP) is 16.6. The first kappa shape index (κ1) is 78.1. The Morgan fingerprint density at radius 3 is 0.850 bits per heavy atom. The first-order valence-corrected chi connectivity index (χ1v) is 35.1. The maximum Gasteiger partial charge on any atom is 0.472 e. The van der Waals surface area contributed by atoms with Crippen LogP contribution in [0, 0.1) is 5.92 Å². The molecule has 0 radical (unpaired) electrons. The van der Waals surface area contributed by atoms with Gasteiger partial charge in [0.1, 0.15) is 19.3 Å². The smallest absolute Gasteiger partial charge is 0.462 e. The van der Waals surface area contributed by atoms with Crippen LogP contribution in [0.1, 0.15) is 304 Å². The van der Waals surface area contributed by atoms with Gasteiger partial charge in [-0.25, -0.2) is 9.13 Å². The van der Waals surface area contributed by atoms with E-state index in [2.05, 4.69) is 34.6 Å². The topological polar surface area (TPSA) is 237 Å². The van der Waals surface area contributed by atoms with Crippen molar-refractivity contribution in [2.75, 3.05) is 39.6 Å². The van der Waals surface area contributed by atoms with Gasteiger partial charge in [-0.1, -0.05) is 253 Å². The van der Waals surface area contributed by atoms with E-state index in [-0.39, 0.29) is 25.7 Å². The Kier molecular flexibility index (Phi) is 53.6. The Hall–Kier alpha value is -1.94. The van der Waals surface area contributed by atoms with Crippen LogP contribution in [0.2, 0.25) is 0 Å². The van der Waals surface area contributed by atoms with E-state index >= 15 is 0 Å². The Bertz CT molecular complexity index is 1570. The molecule has 0 saturated carbocycles. The summed E-state index contributed by atoms with van der Waals surface area (Å²) in [7, 11) is -9.87. The third-order valence-electron chi connectivity index (χ3n) is 14.0. The van der Waals surface area contributed by atoms with Crippen LogP contribution in [0.5, 0.6) is 0 Å². The van der Waals surface area contributed by atoms with Crippen molar-refractivity contribution >= 4 is 39.5 Å². The van der Waals surface area contributed by atoms with Gasteiger partial charge in [-0.05, 0) is 31.6 Å². The SMILES string of the molecule is CCCCCCCCCCCCCC(=O)OC[C@H](COP(=O)(O)OC[C@@H](O)COP(=O)(O)OC[C@@H](COC(=O)CCCCCCCCC)OC(=O)CCCCCCCCCCCC)OC(=O)CCCCCCCCCCCC(C)C. The summed E-state index contributed by atoms with van der Waals surface area (Å²) in [5, 5.41) is 10.5. The first-order valence-electron chi connectivity index (χ1n) is 32.1. The normalized spacial score (nSPS) is 14.3. The highest BCUT2D eigenvalue weighted by atomic mass is 31.2. The molecule has 0 amide bonds. The van der Waals surface area contributed by atoms with Crippen LogP contribution in [-0.2, 0) is 65.4 Å². The van der Waals surface area contributed by atoms with Gasteiger partial charge >= 0.3 is 39.5 Å². The van der Waals surface area contributed by atoms with E-state index < -0.39 is 97.5 Å². The molecule has 19 heteroatoms. The van der Waals surface area contributed by atoms with Crippen molar-refractivity contribution in [2.45, 2.75) is 323 Å². The van der Waals surface area contributed by atoms with Gasteiger partial charge in [0, 0.05) is 25.7 Å². The van der Waals surface area contributed by atoms with Gasteiger partial charge in [-0.3, -0.25) is 37.3 Å². The average molecular weight is 1190 g/mol. The van der Waals surface area contributed by atoms with Gasteiger partial charge < -0.3 is 33.8 Å². The Balaban J connectivity index is 5.22. The molecule has 0 spiro atoms. The molecule has 0 aromatic rings. The van der Waals surface area contributed by atoms with Gasteiger partial charge in [-0.15, -0.1) is 0 Å². The van der Waals surface area contributed by atoms with E-state index in [0.29, 0.717) is 25.7 Å². The average Bonchev–Trinajstić information content (AvgIpc) is 3.42. The van der Waals surface area contributed by atoms with Crippen molar-refractivity contribution < 1.29 is 80.2 Å². The minimum atomic E-state index is -4.94. The molecule has 5 atom stereocenters. The van der Waals surface area contributed by atoms with Crippen molar-refractivity contribution in [3.8, 4) is 0 Å². The molecular weight excluding hydrogens is 1070 g/mol. The van der Waals surface area contributed by atoms with E-state index in [0.717, 1.165) is 109 Å². The zero-order valence-electron chi connectivity index (χ0n) is 51.2. The molecule has 0 aromatic carbocycles. The van der Waals surface area contributed by atoms with E-state index in [1.807, 2.05) is 0 Å². The molecule has 80 heavy (non-hydrogen) atoms. The quantitative estimate of drug-likeness (QED) is 0.0222. The highest BCUT2D eigenvalue weighted by molar-refractivity contribution is 7.47. The summed E-state index contributed by atoms with van der Waals surface area (Å²) < 4.78 is 67.8. The number of aliphatic hydroxyl groups excluding tert-OH is 1. The van der Waals surface area contributed by atoms with Crippen molar-refractivity contribution in [2.24, 2.45) is 5.92 Å². The lowest BCUT2D eigenvalue weighted by molar-refractivity contribution is -0.161. The zero-order chi connectivity index (χ0) is 59.2. The number of carbonyl (C=O) groups excluding carboxylic acids is 4. The minimum absolute atomic E-state index is 0.106. The second-order valence-electron chi connectivity index (χ2n) is 22.6. The fourth-order valence-corrected chi connectivity index (χ4v) is 10.6. The molecule has 474 valence electrons. The lowest BCUT2D eigenvalue weighted by Gasteiger charge is -2.21. The molecule has 3 N–H and O–H groups in total. The third-order valence-corrected chi connectivity index (χ3v) is 15.9. The summed E-state index contributed by atoms with van der Waals surface area (Å²) >= 11 is 0. The molecule has 0 aliphatic heterocycles. The van der Waals surface area contributed by atoms with Crippen LogP contribution < -0.4 is 0 Å². The first-order chi connectivity index (χ1) is 38.5. The Morgan fingerprint density at radius 2 is 0.575 bits per heavy atom. The molecule has 0 aliphatic carbocycles. The van der Waals surface area contributed by atoms with Crippen LogP contribution >= 0.6 is 15.6 Å². The van der Waals surface area contributed by atoms with E-state index in [1.54, 1.807) is 0 Å². The van der Waals surface area contributed by atoms with Crippen molar-refractivity contribution in [3.05, 3.63) is 0 Å². The molecule has 0 heterocycles. The number of hydrogen-bond acceptors (Lipinski definition) is 15. The summed E-state index contributed by atoms with van der Waals surface area (Å²) in [6.45, 7) is 7.10. The maximum absolute atomic E-state index is 12.9. The molecule has 2 unspecified atom stereocenters. The van der Waals surface area contributed by atoms with Gasteiger partial charge in [0.25, 0.3) is 0 Å². The van der Waals surface area contributed by atoms with Crippen LogP contribution in [-0.4, -0.2) is 96.7 Å². The summed E-state index contributed by atoms with van der Waals surface area (Å²) in [4.78, 5) is 71.9. The lowest BCUT2D eigenvalue weighted by atomic mass is 10.0. The van der Waals surface area contributed by atoms with Crippen molar-refractivity contribution in [1.82, 2.24) is 0 Å². The molecule has 0 saturated heterocycles. The number of phosphoric ester groups is 2. The Morgan fingerprint density at radius 1 is 0.338 bits per heavy atom. The second kappa shape index (κ2) is 55.0. The largest absolute Gasteiger partial charge is 0.472 e. The molecule has 0 fully saturated rings. The number of hydrogen-bond donors (Lipinski definition) is 3. The fourth-order valence-electron chi connectivity index (χ4n) is 9.05. The van der Waals surface area contributed by atoms with E-state index in [4.69, 9.17) is 37.0 Å². The summed E-state index contributed by atoms with van der Waals surface area (Å²) in [6.07, 6.45) is 37.6. The number of ether oxygens (including phenoxy) is 4. The fraction of sp³-hybridized carbons (Fsp3) is 0.934. The number of phosphoric acid groups is 2. The van der Waals surface area contributed by atoms with Gasteiger partial charge in [0.2, 0.25) is 0 Å². The zero-order valence-corrected chi connectivity index (χ0v) is 53.0. The van der Waals surface area contributed by atoms with Crippen molar-refractivity contribution in [3.63, 3.8) is 0 Å².